The second kappa shape index (κ2) is 4.62. The second-order valence-electron chi connectivity index (χ2n) is 4.86. The van der Waals surface area contributed by atoms with E-state index in [9.17, 15) is 4.79 Å². The summed E-state index contributed by atoms with van der Waals surface area (Å²) in [5.41, 5.74) is 1.05. The quantitative estimate of drug-likeness (QED) is 0.818. The highest BCUT2D eigenvalue weighted by Gasteiger charge is 2.33. The minimum Gasteiger partial charge on any atom is -0.299 e. The van der Waals surface area contributed by atoms with Gasteiger partial charge in [0.1, 0.15) is 0 Å². The molecule has 0 saturated heterocycles. The van der Waals surface area contributed by atoms with Crippen molar-refractivity contribution in [1.82, 2.24) is 9.55 Å². The number of thiol groups is 1. The van der Waals surface area contributed by atoms with E-state index in [1.165, 1.54) is 25.7 Å². The number of hydrogen-bond acceptors (Lipinski definition) is 3. The summed E-state index contributed by atoms with van der Waals surface area (Å²) in [6, 6.07) is 1.60. The highest BCUT2D eigenvalue weighted by atomic mass is 32.1. The molecule has 1 heterocycles. The van der Waals surface area contributed by atoms with Gasteiger partial charge in [-0.25, -0.2) is 4.98 Å². The summed E-state index contributed by atoms with van der Waals surface area (Å²) in [5.74, 6) is 0.854. The van der Waals surface area contributed by atoms with Crippen LogP contribution >= 0.6 is 12.6 Å². The summed E-state index contributed by atoms with van der Waals surface area (Å²) in [6.45, 7) is 2.61. The molecule has 1 aliphatic carbocycles. The lowest BCUT2D eigenvalue weighted by atomic mass is 9.88. The van der Waals surface area contributed by atoms with Crippen molar-refractivity contribution in [2.75, 3.05) is 5.75 Å². The molecule has 0 aromatic carbocycles. The van der Waals surface area contributed by atoms with Crippen LogP contribution in [0.25, 0.3) is 0 Å². The molecule has 1 aromatic rings. The van der Waals surface area contributed by atoms with Crippen molar-refractivity contribution in [2.24, 2.45) is 5.41 Å². The van der Waals surface area contributed by atoms with Crippen LogP contribution in [0.3, 0.4) is 0 Å². The maximum Gasteiger partial charge on any atom is 0.253 e. The number of aryl methyl sites for hydroxylation is 1. The first kappa shape index (κ1) is 11.7. The van der Waals surface area contributed by atoms with Crippen LogP contribution in [0, 0.1) is 12.3 Å². The van der Waals surface area contributed by atoms with Crippen LogP contribution in [0.4, 0.5) is 0 Å². The van der Waals surface area contributed by atoms with E-state index in [-0.39, 0.29) is 11.0 Å². The summed E-state index contributed by atoms with van der Waals surface area (Å²) in [7, 11) is 0. The first-order chi connectivity index (χ1) is 7.65. The molecule has 0 radical (unpaired) electrons. The minimum absolute atomic E-state index is 0.0561. The Labute approximate surface area is 101 Å². The van der Waals surface area contributed by atoms with Crippen LogP contribution in [0.2, 0.25) is 0 Å². The first-order valence-electron chi connectivity index (χ1n) is 5.79. The van der Waals surface area contributed by atoms with E-state index in [1.54, 1.807) is 17.0 Å². The van der Waals surface area contributed by atoms with Crippen molar-refractivity contribution in [3.63, 3.8) is 0 Å². The molecule has 1 saturated carbocycles. The van der Waals surface area contributed by atoms with E-state index in [0.29, 0.717) is 0 Å². The smallest absolute Gasteiger partial charge is 0.253 e. The SMILES string of the molecule is Cc1cc(=O)n(CC2(CS)CCCC2)cn1. The topological polar surface area (TPSA) is 34.9 Å². The van der Waals surface area contributed by atoms with Gasteiger partial charge in [0.25, 0.3) is 5.56 Å². The number of hydrogen-bond donors (Lipinski definition) is 1. The average Bonchev–Trinajstić information content (AvgIpc) is 2.72. The third-order valence-electron chi connectivity index (χ3n) is 3.52. The largest absolute Gasteiger partial charge is 0.299 e. The second-order valence-corrected chi connectivity index (χ2v) is 5.18. The van der Waals surface area contributed by atoms with E-state index in [0.717, 1.165) is 18.0 Å². The molecule has 1 fully saturated rings. The summed E-state index contributed by atoms with van der Waals surface area (Å²) < 4.78 is 1.73. The van der Waals surface area contributed by atoms with E-state index in [2.05, 4.69) is 17.6 Å². The van der Waals surface area contributed by atoms with Crippen LogP contribution < -0.4 is 5.56 Å². The molecule has 88 valence electrons. The molecule has 1 aromatic heterocycles. The number of rotatable bonds is 3. The Morgan fingerprint density at radius 3 is 2.75 bits per heavy atom. The van der Waals surface area contributed by atoms with Gasteiger partial charge in [0.05, 0.1) is 6.33 Å². The molecule has 0 amide bonds. The fourth-order valence-electron chi connectivity index (χ4n) is 2.49. The van der Waals surface area contributed by atoms with E-state index >= 15 is 0 Å². The van der Waals surface area contributed by atoms with Gasteiger partial charge >= 0.3 is 0 Å². The summed E-state index contributed by atoms with van der Waals surface area (Å²) >= 11 is 4.45. The van der Waals surface area contributed by atoms with E-state index in [4.69, 9.17) is 0 Å². The summed E-state index contributed by atoms with van der Waals surface area (Å²) in [6.07, 6.45) is 6.54. The van der Waals surface area contributed by atoms with Crippen molar-refractivity contribution in [2.45, 2.75) is 39.2 Å². The van der Waals surface area contributed by atoms with Crippen LogP contribution in [-0.2, 0) is 6.54 Å². The van der Waals surface area contributed by atoms with Crippen molar-refractivity contribution in [3.8, 4) is 0 Å². The van der Waals surface area contributed by atoms with Gasteiger partial charge in [0.15, 0.2) is 0 Å². The summed E-state index contributed by atoms with van der Waals surface area (Å²) in [5, 5.41) is 0. The Kier molecular flexibility index (Phi) is 3.38. The standard InChI is InChI=1S/C12H18N2OS/c1-10-6-11(15)14(9-13-10)7-12(8-16)4-2-3-5-12/h6,9,16H,2-5,7-8H2,1H3. The van der Waals surface area contributed by atoms with E-state index < -0.39 is 0 Å². The van der Waals surface area contributed by atoms with Crippen LogP contribution in [0.15, 0.2) is 17.2 Å². The predicted molar refractivity (Wildman–Crippen MR) is 68.0 cm³/mol. The monoisotopic (exact) mass is 238 g/mol. The molecule has 3 nitrogen and oxygen atoms in total. The molecule has 0 bridgehead atoms. The average molecular weight is 238 g/mol. The van der Waals surface area contributed by atoms with Crippen molar-refractivity contribution in [1.29, 1.82) is 0 Å². The lowest BCUT2D eigenvalue weighted by Gasteiger charge is -2.27. The molecule has 4 heteroatoms. The molecule has 0 spiro atoms. The Morgan fingerprint density at radius 2 is 2.19 bits per heavy atom. The Hall–Kier alpha value is -0.770. The zero-order valence-electron chi connectivity index (χ0n) is 9.65. The van der Waals surface area contributed by atoms with Gasteiger partial charge in [-0.15, -0.1) is 0 Å². The minimum atomic E-state index is 0.0561. The van der Waals surface area contributed by atoms with Gasteiger partial charge in [-0.3, -0.25) is 9.36 Å². The fraction of sp³-hybridized carbons (Fsp3) is 0.667. The first-order valence-corrected chi connectivity index (χ1v) is 6.42. The normalized spacial score (nSPS) is 18.9. The molecular weight excluding hydrogens is 220 g/mol. The van der Waals surface area contributed by atoms with Crippen molar-refractivity contribution < 1.29 is 0 Å². The molecule has 0 N–H and O–H groups in total. The Balaban J connectivity index is 2.22. The Morgan fingerprint density at radius 1 is 1.50 bits per heavy atom. The lowest BCUT2D eigenvalue weighted by Crippen LogP contribution is -2.31. The zero-order valence-corrected chi connectivity index (χ0v) is 10.5. The van der Waals surface area contributed by atoms with Gasteiger partial charge < -0.3 is 0 Å². The fourth-order valence-corrected chi connectivity index (χ4v) is 2.90. The summed E-state index contributed by atoms with van der Waals surface area (Å²) in [4.78, 5) is 16.0. The van der Waals surface area contributed by atoms with Crippen molar-refractivity contribution >= 4 is 12.6 Å². The van der Waals surface area contributed by atoms with Crippen LogP contribution in [0.1, 0.15) is 31.4 Å². The van der Waals surface area contributed by atoms with Gasteiger partial charge in [-0.05, 0) is 30.9 Å². The maximum atomic E-state index is 11.8. The number of aromatic nitrogens is 2. The van der Waals surface area contributed by atoms with Crippen LogP contribution in [0.5, 0.6) is 0 Å². The molecular formula is C12H18N2OS. The lowest BCUT2D eigenvalue weighted by molar-refractivity contribution is 0.284. The zero-order chi connectivity index (χ0) is 11.6. The molecule has 0 unspecified atom stereocenters. The molecule has 2 rings (SSSR count). The Bertz CT molecular complexity index is 421. The highest BCUT2D eigenvalue weighted by molar-refractivity contribution is 7.80. The van der Waals surface area contributed by atoms with E-state index in [1.807, 2.05) is 6.92 Å². The van der Waals surface area contributed by atoms with Crippen molar-refractivity contribution in [3.05, 3.63) is 28.4 Å². The molecule has 0 atom stereocenters. The maximum absolute atomic E-state index is 11.8. The van der Waals surface area contributed by atoms with Gasteiger partial charge in [-0.2, -0.15) is 12.6 Å². The highest BCUT2D eigenvalue weighted by Crippen LogP contribution is 2.40. The molecule has 0 aliphatic heterocycles. The molecule has 16 heavy (non-hydrogen) atoms. The third-order valence-corrected chi connectivity index (χ3v) is 4.19. The third kappa shape index (κ3) is 2.32. The number of nitrogens with zero attached hydrogens (tertiary/aromatic N) is 2. The van der Waals surface area contributed by atoms with Gasteiger partial charge in [0, 0.05) is 18.3 Å². The van der Waals surface area contributed by atoms with Crippen LogP contribution in [-0.4, -0.2) is 15.3 Å². The predicted octanol–water partition coefficient (Wildman–Crippen LogP) is 2.04. The molecule has 1 aliphatic rings. The van der Waals surface area contributed by atoms with Gasteiger partial charge in [-0.1, -0.05) is 12.8 Å². The van der Waals surface area contributed by atoms with Gasteiger partial charge in [0.2, 0.25) is 0 Å².